The Bertz CT molecular complexity index is 685. The fourth-order valence-electron chi connectivity index (χ4n) is 3.77. The Labute approximate surface area is 195 Å². The minimum Gasteiger partial charge on any atom is -0.496 e. The Morgan fingerprint density at radius 1 is 1.37 bits per heavy atom. The molecule has 0 spiro atoms. The zero-order chi connectivity index (χ0) is 21.4. The molecule has 1 aliphatic rings. The molecule has 0 aliphatic carbocycles. The number of nitrogens with one attached hydrogen (secondary N) is 1. The van der Waals surface area contributed by atoms with E-state index in [-0.39, 0.29) is 29.9 Å². The van der Waals surface area contributed by atoms with E-state index in [4.69, 9.17) is 4.74 Å². The molecule has 1 unspecified atom stereocenters. The Morgan fingerprint density at radius 3 is 2.70 bits per heavy atom. The zero-order valence-electron chi connectivity index (χ0n) is 18.3. The molecular weight excluding hydrogens is 508 g/mol. The van der Waals surface area contributed by atoms with Gasteiger partial charge in [-0.05, 0) is 49.4 Å². The smallest absolute Gasteiger partial charge is 0.401 e. The Morgan fingerprint density at radius 2 is 2.10 bits per heavy atom. The van der Waals surface area contributed by atoms with E-state index in [0.717, 1.165) is 49.7 Å². The van der Waals surface area contributed by atoms with E-state index < -0.39 is 12.7 Å². The summed E-state index contributed by atoms with van der Waals surface area (Å²) in [6, 6.07) is 6.19. The van der Waals surface area contributed by atoms with Crippen molar-refractivity contribution in [1.82, 2.24) is 15.1 Å². The molecule has 1 aromatic rings. The van der Waals surface area contributed by atoms with Crippen LogP contribution in [0.2, 0.25) is 0 Å². The summed E-state index contributed by atoms with van der Waals surface area (Å²) in [4.78, 5) is 7.98. The van der Waals surface area contributed by atoms with Crippen molar-refractivity contribution in [3.63, 3.8) is 0 Å². The van der Waals surface area contributed by atoms with Crippen LogP contribution in [-0.4, -0.2) is 75.4 Å². The van der Waals surface area contributed by atoms with Gasteiger partial charge in [0.25, 0.3) is 0 Å². The first-order chi connectivity index (χ1) is 13.8. The number of aliphatic imine (C=N–C) groups is 1. The molecule has 1 saturated heterocycles. The van der Waals surface area contributed by atoms with Gasteiger partial charge >= 0.3 is 6.18 Å². The molecule has 0 bridgehead atoms. The maximum atomic E-state index is 12.7. The quantitative estimate of drug-likeness (QED) is 0.307. The monoisotopic (exact) mass is 542 g/mol. The topological polar surface area (TPSA) is 40.1 Å². The molecule has 1 aromatic carbocycles. The lowest BCUT2D eigenvalue weighted by Gasteiger charge is -2.26. The maximum Gasteiger partial charge on any atom is 0.401 e. The molecule has 0 aromatic heterocycles. The second-order valence-electron chi connectivity index (χ2n) is 7.57. The Balaban J connectivity index is 0.00000450. The molecule has 0 radical (unpaired) electrons. The zero-order valence-corrected chi connectivity index (χ0v) is 20.6. The van der Waals surface area contributed by atoms with Gasteiger partial charge in [0.2, 0.25) is 0 Å². The van der Waals surface area contributed by atoms with E-state index >= 15 is 0 Å². The highest BCUT2D eigenvalue weighted by atomic mass is 127. The highest BCUT2D eigenvalue weighted by Crippen LogP contribution is 2.22. The summed E-state index contributed by atoms with van der Waals surface area (Å²) >= 11 is 0. The van der Waals surface area contributed by atoms with Gasteiger partial charge in [-0.2, -0.15) is 13.2 Å². The summed E-state index contributed by atoms with van der Waals surface area (Å²) < 4.78 is 43.4. The van der Waals surface area contributed by atoms with Gasteiger partial charge in [0.1, 0.15) is 5.75 Å². The number of aryl methyl sites for hydroxylation is 1. The summed E-state index contributed by atoms with van der Waals surface area (Å²) in [5.74, 6) is 1.91. The molecule has 30 heavy (non-hydrogen) atoms. The van der Waals surface area contributed by atoms with Gasteiger partial charge in [-0.15, -0.1) is 24.0 Å². The average Bonchev–Trinajstić information content (AvgIpc) is 3.13. The van der Waals surface area contributed by atoms with Crippen molar-refractivity contribution in [2.75, 3.05) is 53.4 Å². The molecule has 5 nitrogen and oxygen atoms in total. The molecule has 2 rings (SSSR count). The fraction of sp³-hybridized carbons (Fsp3) is 0.667. The van der Waals surface area contributed by atoms with E-state index in [1.165, 1.54) is 10.5 Å². The average molecular weight is 542 g/mol. The fourth-order valence-corrected chi connectivity index (χ4v) is 3.77. The van der Waals surface area contributed by atoms with E-state index in [9.17, 15) is 13.2 Å². The number of halogens is 4. The number of nitrogens with zero attached hydrogens (tertiary/aromatic N) is 3. The van der Waals surface area contributed by atoms with E-state index in [1.807, 2.05) is 13.0 Å². The Kier molecular flexibility index (Phi) is 11.2. The third-order valence-electron chi connectivity index (χ3n) is 5.33. The molecular formula is C21H34F3IN4O. The third kappa shape index (κ3) is 8.49. The number of hydrogen-bond acceptors (Lipinski definition) is 3. The van der Waals surface area contributed by atoms with Crippen LogP contribution in [0.25, 0.3) is 0 Å². The highest BCUT2D eigenvalue weighted by molar-refractivity contribution is 14.0. The van der Waals surface area contributed by atoms with Gasteiger partial charge < -0.3 is 15.0 Å². The standard InChI is InChI=1S/C21H33F3N4O.HI/c1-5-27(15-21(22,23)24)13-18-9-11-28(14-18)20(25-3)26-10-8-17-7-6-16(2)19(12-17)29-4;/h6-7,12,18H,5,8-11,13-15H2,1-4H3,(H,25,26);1H. The summed E-state index contributed by atoms with van der Waals surface area (Å²) in [7, 11) is 3.41. The number of guanidine groups is 1. The summed E-state index contributed by atoms with van der Waals surface area (Å²) in [5.41, 5.74) is 2.29. The molecule has 0 saturated carbocycles. The number of alkyl halides is 3. The largest absolute Gasteiger partial charge is 0.496 e. The van der Waals surface area contributed by atoms with Crippen molar-refractivity contribution in [1.29, 1.82) is 0 Å². The van der Waals surface area contributed by atoms with Crippen LogP contribution in [0.5, 0.6) is 5.75 Å². The van der Waals surface area contributed by atoms with Gasteiger partial charge in [0.15, 0.2) is 5.96 Å². The molecule has 172 valence electrons. The maximum absolute atomic E-state index is 12.7. The summed E-state index contributed by atoms with van der Waals surface area (Å²) in [6.07, 6.45) is -2.43. The lowest BCUT2D eigenvalue weighted by molar-refractivity contribution is -0.146. The second kappa shape index (κ2) is 12.6. The van der Waals surface area contributed by atoms with Gasteiger partial charge in [-0.3, -0.25) is 9.89 Å². The third-order valence-corrected chi connectivity index (χ3v) is 5.33. The predicted octanol–water partition coefficient (Wildman–Crippen LogP) is 3.95. The summed E-state index contributed by atoms with van der Waals surface area (Å²) in [6.45, 7) is 6.09. The molecule has 1 N–H and O–H groups in total. The van der Waals surface area contributed by atoms with Crippen molar-refractivity contribution < 1.29 is 17.9 Å². The van der Waals surface area contributed by atoms with Crippen LogP contribution >= 0.6 is 24.0 Å². The second-order valence-corrected chi connectivity index (χ2v) is 7.57. The van der Waals surface area contributed by atoms with Crippen molar-refractivity contribution in [3.05, 3.63) is 29.3 Å². The number of ether oxygens (including phenoxy) is 1. The van der Waals surface area contributed by atoms with Crippen LogP contribution in [0, 0.1) is 12.8 Å². The number of benzene rings is 1. The van der Waals surface area contributed by atoms with Gasteiger partial charge in [0, 0.05) is 33.2 Å². The summed E-state index contributed by atoms with van der Waals surface area (Å²) in [5, 5.41) is 3.38. The van der Waals surface area contributed by atoms with Gasteiger partial charge in [0.05, 0.1) is 13.7 Å². The molecule has 1 atom stereocenters. The van der Waals surface area contributed by atoms with E-state index in [1.54, 1.807) is 21.1 Å². The van der Waals surface area contributed by atoms with E-state index in [2.05, 4.69) is 27.3 Å². The van der Waals surface area contributed by atoms with Crippen LogP contribution < -0.4 is 10.1 Å². The highest BCUT2D eigenvalue weighted by Gasteiger charge is 2.32. The first-order valence-corrected chi connectivity index (χ1v) is 10.1. The first-order valence-electron chi connectivity index (χ1n) is 10.1. The van der Waals surface area contributed by atoms with Gasteiger partial charge in [-0.25, -0.2) is 0 Å². The number of hydrogen-bond donors (Lipinski definition) is 1. The first kappa shape index (κ1) is 26.8. The van der Waals surface area contributed by atoms with Crippen molar-refractivity contribution in [2.24, 2.45) is 10.9 Å². The number of likely N-dealkylation sites (tertiary alicyclic amines) is 1. The number of methoxy groups -OCH3 is 1. The molecule has 1 heterocycles. The van der Waals surface area contributed by atoms with Crippen molar-refractivity contribution in [2.45, 2.75) is 32.9 Å². The van der Waals surface area contributed by atoms with Crippen molar-refractivity contribution in [3.8, 4) is 5.75 Å². The minimum atomic E-state index is -4.15. The van der Waals surface area contributed by atoms with Crippen LogP contribution in [-0.2, 0) is 6.42 Å². The van der Waals surface area contributed by atoms with Crippen LogP contribution in [0.15, 0.2) is 23.2 Å². The van der Waals surface area contributed by atoms with Crippen molar-refractivity contribution >= 4 is 29.9 Å². The number of rotatable bonds is 8. The molecule has 9 heteroatoms. The lowest BCUT2D eigenvalue weighted by Crippen LogP contribution is -2.42. The van der Waals surface area contributed by atoms with Crippen LogP contribution in [0.3, 0.4) is 0 Å². The molecule has 1 aliphatic heterocycles. The predicted molar refractivity (Wildman–Crippen MR) is 126 cm³/mol. The molecule has 0 amide bonds. The lowest BCUT2D eigenvalue weighted by atomic mass is 10.1. The van der Waals surface area contributed by atoms with E-state index in [0.29, 0.717) is 13.1 Å². The SMILES string of the molecule is CCN(CC1CCN(C(=NC)NCCc2ccc(C)c(OC)c2)C1)CC(F)(F)F.I. The molecule has 1 fully saturated rings. The van der Waals surface area contributed by atoms with Gasteiger partial charge in [-0.1, -0.05) is 19.1 Å². The minimum absolute atomic E-state index is 0. The van der Waals surface area contributed by atoms with Crippen LogP contribution in [0.4, 0.5) is 13.2 Å². The van der Waals surface area contributed by atoms with Crippen LogP contribution in [0.1, 0.15) is 24.5 Å². The normalized spacial score (nSPS) is 17.3. The Hall–Kier alpha value is -1.23.